The fourth-order valence-electron chi connectivity index (χ4n) is 7.83. The fraction of sp³-hybridized carbons (Fsp3) is 0. The first-order valence-corrected chi connectivity index (χ1v) is 17.8. The molecule has 0 atom stereocenters. The molecule has 0 N–H and O–H groups in total. The summed E-state index contributed by atoms with van der Waals surface area (Å²) in [6, 6.07) is 71.5. The minimum absolute atomic E-state index is 0.859. The van der Waals surface area contributed by atoms with E-state index in [2.05, 4.69) is 205 Å². The van der Waals surface area contributed by atoms with Crippen LogP contribution in [0.5, 0.6) is 0 Å². The summed E-state index contributed by atoms with van der Waals surface area (Å²) in [6.07, 6.45) is 0. The fourth-order valence-corrected chi connectivity index (χ4v) is 7.83. The molecule has 0 amide bonds. The van der Waals surface area contributed by atoms with Gasteiger partial charge in [-0.15, -0.1) is 0 Å². The van der Waals surface area contributed by atoms with Gasteiger partial charge in [-0.1, -0.05) is 164 Å². The van der Waals surface area contributed by atoms with Gasteiger partial charge in [0.05, 0.1) is 11.1 Å². The molecule has 1 aromatic heterocycles. The molecule has 2 nitrogen and oxygen atoms in total. The highest BCUT2D eigenvalue weighted by molar-refractivity contribution is 6.33. The lowest BCUT2D eigenvalue weighted by Crippen LogP contribution is -2.12. The second kappa shape index (κ2) is 12.5. The van der Waals surface area contributed by atoms with Crippen LogP contribution >= 0.6 is 0 Å². The van der Waals surface area contributed by atoms with Crippen molar-refractivity contribution in [3.05, 3.63) is 200 Å². The maximum absolute atomic E-state index is 6.95. The van der Waals surface area contributed by atoms with Crippen molar-refractivity contribution in [2.45, 2.75) is 0 Å². The highest BCUT2D eigenvalue weighted by Crippen LogP contribution is 2.51. The normalized spacial score (nSPS) is 11.5. The molecular weight excluding hydrogens is 631 g/mol. The van der Waals surface area contributed by atoms with E-state index in [1.165, 1.54) is 38.4 Å². The summed E-state index contributed by atoms with van der Waals surface area (Å²) >= 11 is 0. The van der Waals surface area contributed by atoms with Gasteiger partial charge >= 0.3 is 0 Å². The highest BCUT2D eigenvalue weighted by Gasteiger charge is 2.26. The first kappa shape index (κ1) is 30.0. The molecule has 9 aromatic carbocycles. The first-order chi connectivity index (χ1) is 25.8. The van der Waals surface area contributed by atoms with Crippen LogP contribution in [-0.4, -0.2) is 0 Å². The summed E-state index contributed by atoms with van der Waals surface area (Å²) in [5, 5.41) is 6.93. The van der Waals surface area contributed by atoms with E-state index in [0.29, 0.717) is 0 Å². The van der Waals surface area contributed by atoms with Gasteiger partial charge in [0.25, 0.3) is 0 Å². The Labute approximate surface area is 302 Å². The number of furan rings is 1. The van der Waals surface area contributed by atoms with Gasteiger partial charge in [0.2, 0.25) is 0 Å². The van der Waals surface area contributed by atoms with Gasteiger partial charge in [-0.05, 0) is 80.4 Å². The zero-order valence-electron chi connectivity index (χ0n) is 28.4. The van der Waals surface area contributed by atoms with Crippen molar-refractivity contribution in [1.82, 2.24) is 0 Å². The minimum Gasteiger partial charge on any atom is -0.455 e. The molecule has 10 aromatic rings. The van der Waals surface area contributed by atoms with E-state index >= 15 is 0 Å². The maximum Gasteiger partial charge on any atom is 0.143 e. The molecule has 0 saturated heterocycles. The molecule has 0 aliphatic rings. The first-order valence-electron chi connectivity index (χ1n) is 17.8. The molecule has 0 unspecified atom stereocenters. The SMILES string of the molecule is c1ccc(-c2ccc(N(c3ccc(-c4ccccc4)cc3)c3c(-c4ccccc4)ccc4oc5c6ccccc6c6ccccc6c5c34)cc2)cc1. The molecule has 1 heterocycles. The summed E-state index contributed by atoms with van der Waals surface area (Å²) in [7, 11) is 0. The highest BCUT2D eigenvalue weighted by atomic mass is 16.3. The van der Waals surface area contributed by atoms with Crippen LogP contribution in [0.15, 0.2) is 205 Å². The summed E-state index contributed by atoms with van der Waals surface area (Å²) < 4.78 is 6.95. The third-order valence-electron chi connectivity index (χ3n) is 10.3. The largest absolute Gasteiger partial charge is 0.455 e. The Morgan fingerprint density at radius 1 is 0.308 bits per heavy atom. The zero-order chi connectivity index (χ0) is 34.4. The number of rotatable bonds is 6. The molecule has 0 radical (unpaired) electrons. The minimum atomic E-state index is 0.859. The van der Waals surface area contributed by atoms with E-state index in [-0.39, 0.29) is 0 Å². The van der Waals surface area contributed by atoms with Crippen molar-refractivity contribution < 1.29 is 4.42 Å². The van der Waals surface area contributed by atoms with Gasteiger partial charge in [0.1, 0.15) is 11.2 Å². The number of anilines is 3. The summed E-state index contributed by atoms with van der Waals surface area (Å²) in [5.41, 5.74) is 12.0. The number of fused-ring (bicyclic) bond motifs is 8. The van der Waals surface area contributed by atoms with Crippen LogP contribution < -0.4 is 4.90 Å². The van der Waals surface area contributed by atoms with E-state index in [4.69, 9.17) is 4.42 Å². The maximum atomic E-state index is 6.95. The van der Waals surface area contributed by atoms with Crippen LogP contribution in [-0.2, 0) is 0 Å². The Hall–Kier alpha value is -6.90. The Morgan fingerprint density at radius 3 is 1.27 bits per heavy atom. The lowest BCUT2D eigenvalue weighted by Gasteiger charge is -2.29. The van der Waals surface area contributed by atoms with Gasteiger partial charge in [0.15, 0.2) is 0 Å². The molecule has 0 aliphatic carbocycles. The smallest absolute Gasteiger partial charge is 0.143 e. The lowest BCUT2D eigenvalue weighted by molar-refractivity contribution is 0.673. The number of hydrogen-bond acceptors (Lipinski definition) is 2. The lowest BCUT2D eigenvalue weighted by atomic mass is 9.93. The van der Waals surface area contributed by atoms with Gasteiger partial charge in [-0.2, -0.15) is 0 Å². The van der Waals surface area contributed by atoms with Crippen molar-refractivity contribution in [2.24, 2.45) is 0 Å². The second-order valence-electron chi connectivity index (χ2n) is 13.3. The number of benzene rings is 9. The molecule has 0 bridgehead atoms. The second-order valence-corrected chi connectivity index (χ2v) is 13.3. The molecule has 0 saturated carbocycles. The number of hydrogen-bond donors (Lipinski definition) is 0. The van der Waals surface area contributed by atoms with E-state index in [1.54, 1.807) is 0 Å². The number of nitrogens with zero attached hydrogens (tertiary/aromatic N) is 1. The van der Waals surface area contributed by atoms with E-state index in [0.717, 1.165) is 55.5 Å². The molecule has 0 fully saturated rings. The summed E-state index contributed by atoms with van der Waals surface area (Å²) in [6.45, 7) is 0. The van der Waals surface area contributed by atoms with Crippen LogP contribution in [0.1, 0.15) is 0 Å². The molecule has 0 spiro atoms. The average Bonchev–Trinajstić information content (AvgIpc) is 3.63. The Bertz CT molecular complexity index is 2770. The van der Waals surface area contributed by atoms with Crippen LogP contribution in [0.2, 0.25) is 0 Å². The molecule has 244 valence electrons. The molecule has 0 aliphatic heterocycles. The molecule has 52 heavy (non-hydrogen) atoms. The monoisotopic (exact) mass is 663 g/mol. The van der Waals surface area contributed by atoms with Crippen molar-refractivity contribution >= 4 is 60.5 Å². The van der Waals surface area contributed by atoms with Crippen molar-refractivity contribution in [2.75, 3.05) is 4.90 Å². The molecule has 10 rings (SSSR count). The van der Waals surface area contributed by atoms with E-state index < -0.39 is 0 Å². The Morgan fingerprint density at radius 2 is 0.731 bits per heavy atom. The molecule has 2 heteroatoms. The predicted octanol–water partition coefficient (Wildman–Crippen LogP) is 14.4. The Kier molecular flexibility index (Phi) is 7.18. The topological polar surface area (TPSA) is 16.4 Å². The Balaban J connectivity index is 1.31. The quantitative estimate of drug-likeness (QED) is 0.165. The van der Waals surface area contributed by atoms with Crippen molar-refractivity contribution in [1.29, 1.82) is 0 Å². The van der Waals surface area contributed by atoms with Crippen LogP contribution in [0, 0.1) is 0 Å². The predicted molar refractivity (Wildman–Crippen MR) is 220 cm³/mol. The third-order valence-corrected chi connectivity index (χ3v) is 10.3. The molecular formula is C50H33NO. The standard InChI is InChI=1S/C50H33NO/c1-4-14-34(15-5-1)36-24-28-39(29-25-36)51(40-30-26-37(27-31-40)35-16-6-2-7-17-35)49-41(38-18-8-3-9-19-38)32-33-46-48(49)47-44-22-12-10-20-42(44)43-21-11-13-23-45(43)50(47)52-46/h1-33H. The summed E-state index contributed by atoms with van der Waals surface area (Å²) in [4.78, 5) is 2.42. The van der Waals surface area contributed by atoms with Crippen LogP contribution in [0.4, 0.5) is 17.1 Å². The van der Waals surface area contributed by atoms with E-state index in [1.807, 2.05) is 0 Å². The van der Waals surface area contributed by atoms with Crippen LogP contribution in [0.3, 0.4) is 0 Å². The van der Waals surface area contributed by atoms with Gasteiger partial charge in [-0.25, -0.2) is 0 Å². The van der Waals surface area contributed by atoms with Gasteiger partial charge < -0.3 is 9.32 Å². The third kappa shape index (κ3) is 4.96. The summed E-state index contributed by atoms with van der Waals surface area (Å²) in [5.74, 6) is 0. The van der Waals surface area contributed by atoms with E-state index in [9.17, 15) is 0 Å². The van der Waals surface area contributed by atoms with Gasteiger partial charge in [-0.3, -0.25) is 0 Å². The van der Waals surface area contributed by atoms with Gasteiger partial charge in [0, 0.05) is 27.7 Å². The van der Waals surface area contributed by atoms with Crippen LogP contribution in [0.25, 0.3) is 76.9 Å². The van der Waals surface area contributed by atoms with Crippen molar-refractivity contribution in [3.8, 4) is 33.4 Å². The van der Waals surface area contributed by atoms with Crippen molar-refractivity contribution in [3.63, 3.8) is 0 Å². The average molecular weight is 664 g/mol. The zero-order valence-corrected chi connectivity index (χ0v) is 28.4.